The van der Waals surface area contributed by atoms with Crippen molar-refractivity contribution < 1.29 is 9.13 Å². The average Bonchev–Trinajstić information content (AvgIpc) is 2.86. The van der Waals surface area contributed by atoms with Crippen LogP contribution in [0.4, 0.5) is 4.39 Å². The van der Waals surface area contributed by atoms with Gasteiger partial charge in [-0.15, -0.1) is 0 Å². The first kappa shape index (κ1) is 13.5. The lowest BCUT2D eigenvalue weighted by molar-refractivity contribution is 0.413. The molecule has 1 aromatic carbocycles. The zero-order valence-corrected chi connectivity index (χ0v) is 11.1. The summed E-state index contributed by atoms with van der Waals surface area (Å²) in [6, 6.07) is 6.61. The van der Waals surface area contributed by atoms with Crippen LogP contribution in [0, 0.1) is 5.82 Å². The second-order valence-corrected chi connectivity index (χ2v) is 4.47. The van der Waals surface area contributed by atoms with E-state index in [1.807, 2.05) is 13.0 Å². The number of H-pyrrole nitrogens is 1. The number of hydrogen-bond acceptors (Lipinski definition) is 3. The van der Waals surface area contributed by atoms with E-state index in [4.69, 9.17) is 10.5 Å². The van der Waals surface area contributed by atoms with Gasteiger partial charge in [0.15, 0.2) is 0 Å². The molecule has 0 spiro atoms. The standard InChI is InChI=1S/C14H18FN3O/c1-3-9(16)7-10-8-12(18-17-10)14-11(15)5-4-6-13(14)19-2/h4-6,8-9H,3,7,16H2,1-2H3,(H,17,18). The fraction of sp³-hybridized carbons (Fsp3) is 0.357. The zero-order chi connectivity index (χ0) is 13.8. The van der Waals surface area contributed by atoms with Gasteiger partial charge in [0.2, 0.25) is 0 Å². The normalized spacial score (nSPS) is 12.4. The molecule has 1 unspecified atom stereocenters. The van der Waals surface area contributed by atoms with Crippen molar-refractivity contribution in [3.8, 4) is 17.0 Å². The minimum absolute atomic E-state index is 0.0795. The quantitative estimate of drug-likeness (QED) is 0.871. The van der Waals surface area contributed by atoms with E-state index < -0.39 is 0 Å². The van der Waals surface area contributed by atoms with Gasteiger partial charge < -0.3 is 10.5 Å². The van der Waals surface area contributed by atoms with E-state index in [1.165, 1.54) is 13.2 Å². The lowest BCUT2D eigenvalue weighted by Gasteiger charge is -2.06. The maximum atomic E-state index is 13.9. The molecule has 1 heterocycles. The van der Waals surface area contributed by atoms with Crippen LogP contribution in [-0.4, -0.2) is 23.3 Å². The summed E-state index contributed by atoms with van der Waals surface area (Å²) in [6.07, 6.45) is 1.58. The summed E-state index contributed by atoms with van der Waals surface area (Å²) in [5, 5.41) is 7.04. The minimum atomic E-state index is -0.350. The molecule has 0 saturated carbocycles. The van der Waals surface area contributed by atoms with E-state index in [0.29, 0.717) is 23.4 Å². The summed E-state index contributed by atoms with van der Waals surface area (Å²) in [6.45, 7) is 2.03. The highest BCUT2D eigenvalue weighted by atomic mass is 19.1. The summed E-state index contributed by atoms with van der Waals surface area (Å²) in [5.74, 6) is 0.120. The van der Waals surface area contributed by atoms with Gasteiger partial charge in [-0.05, 0) is 24.6 Å². The lowest BCUT2D eigenvalue weighted by Crippen LogP contribution is -2.21. The number of nitrogens with one attached hydrogen (secondary N) is 1. The number of aromatic nitrogens is 2. The summed E-state index contributed by atoms with van der Waals surface area (Å²) in [5.41, 5.74) is 7.70. The summed E-state index contributed by atoms with van der Waals surface area (Å²) < 4.78 is 19.1. The predicted molar refractivity (Wildman–Crippen MR) is 72.5 cm³/mol. The molecule has 102 valence electrons. The summed E-state index contributed by atoms with van der Waals surface area (Å²) >= 11 is 0. The fourth-order valence-electron chi connectivity index (χ4n) is 1.94. The second-order valence-electron chi connectivity index (χ2n) is 4.47. The van der Waals surface area contributed by atoms with Gasteiger partial charge in [-0.2, -0.15) is 5.10 Å². The molecular weight excluding hydrogens is 245 g/mol. The first-order chi connectivity index (χ1) is 9.15. The molecular formula is C14H18FN3O. The van der Waals surface area contributed by atoms with Gasteiger partial charge in [0.1, 0.15) is 11.6 Å². The maximum absolute atomic E-state index is 13.9. The number of nitrogens with two attached hydrogens (primary N) is 1. The fourth-order valence-corrected chi connectivity index (χ4v) is 1.94. The lowest BCUT2D eigenvalue weighted by atomic mass is 10.1. The molecule has 2 rings (SSSR count). The molecule has 0 bridgehead atoms. The van der Waals surface area contributed by atoms with E-state index in [-0.39, 0.29) is 11.9 Å². The Kier molecular flexibility index (Phi) is 4.16. The van der Waals surface area contributed by atoms with Crippen LogP contribution >= 0.6 is 0 Å². The van der Waals surface area contributed by atoms with Gasteiger partial charge >= 0.3 is 0 Å². The second kappa shape index (κ2) is 5.84. The molecule has 0 aliphatic heterocycles. The Balaban J connectivity index is 2.33. The van der Waals surface area contributed by atoms with Crippen LogP contribution in [0.3, 0.4) is 0 Å². The highest BCUT2D eigenvalue weighted by Gasteiger charge is 2.15. The molecule has 0 saturated heterocycles. The van der Waals surface area contributed by atoms with Gasteiger partial charge in [-0.25, -0.2) is 4.39 Å². The monoisotopic (exact) mass is 263 g/mol. The molecule has 1 atom stereocenters. The molecule has 4 nitrogen and oxygen atoms in total. The number of rotatable bonds is 5. The highest BCUT2D eigenvalue weighted by molar-refractivity contribution is 5.68. The number of methoxy groups -OCH3 is 1. The van der Waals surface area contributed by atoms with Crippen molar-refractivity contribution in [2.75, 3.05) is 7.11 Å². The predicted octanol–water partition coefficient (Wildman–Crippen LogP) is 2.50. The van der Waals surface area contributed by atoms with Crippen molar-refractivity contribution in [2.45, 2.75) is 25.8 Å². The van der Waals surface area contributed by atoms with Gasteiger partial charge in [0, 0.05) is 18.2 Å². The molecule has 0 aliphatic carbocycles. The summed E-state index contributed by atoms with van der Waals surface area (Å²) in [7, 11) is 1.51. The summed E-state index contributed by atoms with van der Waals surface area (Å²) in [4.78, 5) is 0. The van der Waals surface area contributed by atoms with Crippen molar-refractivity contribution in [3.05, 3.63) is 35.8 Å². The van der Waals surface area contributed by atoms with Crippen LogP contribution in [0.5, 0.6) is 5.75 Å². The van der Waals surface area contributed by atoms with E-state index in [2.05, 4.69) is 10.2 Å². The SMILES string of the molecule is CCC(N)Cc1cc(-c2c(F)cccc2OC)n[nH]1. The third kappa shape index (κ3) is 2.93. The first-order valence-corrected chi connectivity index (χ1v) is 6.28. The van der Waals surface area contributed by atoms with Gasteiger partial charge in [0.25, 0.3) is 0 Å². The molecule has 0 fully saturated rings. The van der Waals surface area contributed by atoms with Crippen LogP contribution in [0.1, 0.15) is 19.0 Å². The Labute approximate surface area is 111 Å². The van der Waals surface area contributed by atoms with Gasteiger partial charge in [-0.1, -0.05) is 13.0 Å². The van der Waals surface area contributed by atoms with Gasteiger partial charge in [-0.3, -0.25) is 5.10 Å². The first-order valence-electron chi connectivity index (χ1n) is 6.28. The third-order valence-corrected chi connectivity index (χ3v) is 3.09. The Morgan fingerprint density at radius 2 is 2.26 bits per heavy atom. The molecule has 0 aliphatic rings. The van der Waals surface area contributed by atoms with Crippen LogP contribution in [-0.2, 0) is 6.42 Å². The van der Waals surface area contributed by atoms with E-state index in [9.17, 15) is 4.39 Å². The number of ether oxygens (including phenoxy) is 1. The molecule has 0 amide bonds. The smallest absolute Gasteiger partial charge is 0.136 e. The number of aromatic amines is 1. The van der Waals surface area contributed by atoms with Crippen molar-refractivity contribution in [1.82, 2.24) is 10.2 Å². The highest BCUT2D eigenvalue weighted by Crippen LogP contribution is 2.31. The van der Waals surface area contributed by atoms with Crippen LogP contribution in [0.25, 0.3) is 11.3 Å². The van der Waals surface area contributed by atoms with Crippen LogP contribution in [0.2, 0.25) is 0 Å². The van der Waals surface area contributed by atoms with Crippen molar-refractivity contribution >= 4 is 0 Å². The van der Waals surface area contributed by atoms with E-state index in [0.717, 1.165) is 12.1 Å². The number of halogens is 1. The molecule has 0 radical (unpaired) electrons. The van der Waals surface area contributed by atoms with Gasteiger partial charge in [0.05, 0.1) is 18.4 Å². The van der Waals surface area contributed by atoms with Crippen molar-refractivity contribution in [1.29, 1.82) is 0 Å². The molecule has 5 heteroatoms. The largest absolute Gasteiger partial charge is 0.496 e. The maximum Gasteiger partial charge on any atom is 0.136 e. The van der Waals surface area contributed by atoms with Crippen molar-refractivity contribution in [3.63, 3.8) is 0 Å². The number of benzene rings is 1. The molecule has 1 aromatic heterocycles. The minimum Gasteiger partial charge on any atom is -0.496 e. The van der Waals surface area contributed by atoms with Crippen LogP contribution in [0.15, 0.2) is 24.3 Å². The van der Waals surface area contributed by atoms with E-state index >= 15 is 0 Å². The number of nitrogens with zero attached hydrogens (tertiary/aromatic N) is 1. The molecule has 2 aromatic rings. The zero-order valence-electron chi connectivity index (χ0n) is 11.1. The van der Waals surface area contributed by atoms with Crippen LogP contribution < -0.4 is 10.5 Å². The topological polar surface area (TPSA) is 63.9 Å². The Morgan fingerprint density at radius 3 is 2.95 bits per heavy atom. The Bertz CT molecular complexity index is 553. The van der Waals surface area contributed by atoms with Crippen molar-refractivity contribution in [2.24, 2.45) is 5.73 Å². The Morgan fingerprint density at radius 1 is 1.47 bits per heavy atom. The Hall–Kier alpha value is -1.88. The van der Waals surface area contributed by atoms with E-state index in [1.54, 1.807) is 12.1 Å². The third-order valence-electron chi connectivity index (χ3n) is 3.09. The number of hydrogen-bond donors (Lipinski definition) is 2. The molecule has 19 heavy (non-hydrogen) atoms. The molecule has 3 N–H and O–H groups in total. The average molecular weight is 263 g/mol.